The standard InChI is InChI=1S/C6H6BrNO/c1-5-6(9)3-2-4-8(5)7/h2-4H,1H3/p+1. The van der Waals surface area contributed by atoms with Crippen molar-refractivity contribution < 1.29 is 8.70 Å². The van der Waals surface area contributed by atoms with E-state index in [9.17, 15) is 0 Å². The zero-order chi connectivity index (χ0) is 6.85. The van der Waals surface area contributed by atoms with Crippen LogP contribution in [-0.4, -0.2) is 5.11 Å². The van der Waals surface area contributed by atoms with E-state index in [0.29, 0.717) is 5.75 Å². The zero-order valence-electron chi connectivity index (χ0n) is 5.00. The number of pyridine rings is 1. The van der Waals surface area contributed by atoms with E-state index in [1.54, 1.807) is 15.7 Å². The smallest absolute Gasteiger partial charge is 0.332 e. The fourth-order valence-electron chi connectivity index (χ4n) is 0.552. The molecule has 1 aromatic rings. The molecule has 2 nitrogen and oxygen atoms in total. The largest absolute Gasteiger partial charge is 0.502 e. The van der Waals surface area contributed by atoms with Crippen LogP contribution >= 0.6 is 16.1 Å². The summed E-state index contributed by atoms with van der Waals surface area (Å²) in [5, 5.41) is 9.05. The average molecular weight is 189 g/mol. The maximum absolute atomic E-state index is 9.05. The third kappa shape index (κ3) is 1.21. The fraction of sp³-hybridized carbons (Fsp3) is 0.167. The highest BCUT2D eigenvalue weighted by Crippen LogP contribution is 2.09. The molecule has 0 unspecified atom stereocenters. The van der Waals surface area contributed by atoms with Crippen molar-refractivity contribution in [3.8, 4) is 5.75 Å². The fourth-order valence-corrected chi connectivity index (χ4v) is 0.870. The van der Waals surface area contributed by atoms with Crippen LogP contribution in [0.5, 0.6) is 5.75 Å². The van der Waals surface area contributed by atoms with E-state index in [-0.39, 0.29) is 0 Å². The van der Waals surface area contributed by atoms with Crippen molar-refractivity contribution in [1.29, 1.82) is 0 Å². The molecule has 0 radical (unpaired) electrons. The first-order valence-electron chi connectivity index (χ1n) is 2.58. The maximum Gasteiger partial charge on any atom is 0.332 e. The number of aromatic hydroxyl groups is 1. The Kier molecular flexibility index (Phi) is 1.71. The molecule has 0 aliphatic heterocycles. The lowest BCUT2D eigenvalue weighted by molar-refractivity contribution is -0.482. The number of aromatic nitrogens is 1. The Morgan fingerprint density at radius 1 is 1.67 bits per heavy atom. The summed E-state index contributed by atoms with van der Waals surface area (Å²) < 4.78 is 1.68. The van der Waals surface area contributed by atoms with E-state index < -0.39 is 0 Å². The maximum atomic E-state index is 9.05. The molecule has 3 heteroatoms. The number of nitrogens with zero attached hydrogens (tertiary/aromatic N) is 1. The Morgan fingerprint density at radius 2 is 2.33 bits per heavy atom. The highest BCUT2D eigenvalue weighted by Gasteiger charge is 2.05. The lowest BCUT2D eigenvalue weighted by Gasteiger charge is -1.90. The van der Waals surface area contributed by atoms with Gasteiger partial charge in [0.15, 0.2) is 11.9 Å². The third-order valence-electron chi connectivity index (χ3n) is 1.16. The average Bonchev–Trinajstić information content (AvgIpc) is 1.83. The summed E-state index contributed by atoms with van der Waals surface area (Å²) in [6.07, 6.45) is 1.81. The van der Waals surface area contributed by atoms with Crippen LogP contribution in [0.1, 0.15) is 5.69 Å². The second kappa shape index (κ2) is 2.35. The number of halogens is 1. The Labute approximate surface area is 62.1 Å². The molecular formula is C6H7BrNO+. The first-order valence-corrected chi connectivity index (χ1v) is 3.29. The summed E-state index contributed by atoms with van der Waals surface area (Å²) in [6, 6.07) is 3.41. The van der Waals surface area contributed by atoms with Crippen molar-refractivity contribution in [2.45, 2.75) is 6.92 Å². The minimum absolute atomic E-state index is 0.300. The van der Waals surface area contributed by atoms with E-state index in [2.05, 4.69) is 16.1 Å². The predicted octanol–water partition coefficient (Wildman–Crippen LogP) is 1.15. The molecule has 0 saturated heterocycles. The highest BCUT2D eigenvalue weighted by atomic mass is 79.9. The van der Waals surface area contributed by atoms with Crippen molar-refractivity contribution in [2.75, 3.05) is 0 Å². The van der Waals surface area contributed by atoms with Crippen LogP contribution in [0.25, 0.3) is 0 Å². The zero-order valence-corrected chi connectivity index (χ0v) is 6.59. The molecule has 0 amide bonds. The second-order valence-corrected chi connectivity index (χ2v) is 2.55. The molecule has 0 fully saturated rings. The van der Waals surface area contributed by atoms with Gasteiger partial charge in [0.1, 0.15) is 0 Å². The normalized spacial score (nSPS) is 9.56. The molecule has 0 spiro atoms. The van der Waals surface area contributed by atoms with Crippen LogP contribution in [0.15, 0.2) is 18.3 Å². The van der Waals surface area contributed by atoms with Crippen LogP contribution in [0.3, 0.4) is 0 Å². The molecule has 0 atom stereocenters. The Bertz CT molecular complexity index is 204. The van der Waals surface area contributed by atoms with Gasteiger partial charge in [0.2, 0.25) is 5.69 Å². The van der Waals surface area contributed by atoms with Crippen molar-refractivity contribution >= 4 is 16.1 Å². The van der Waals surface area contributed by atoms with Crippen LogP contribution in [0, 0.1) is 6.92 Å². The van der Waals surface area contributed by atoms with Gasteiger partial charge in [0.05, 0.1) is 0 Å². The Hall–Kier alpha value is -0.570. The molecular weight excluding hydrogens is 182 g/mol. The molecule has 9 heavy (non-hydrogen) atoms. The highest BCUT2D eigenvalue weighted by molar-refractivity contribution is 9.04. The molecule has 1 rings (SSSR count). The Morgan fingerprint density at radius 3 is 2.78 bits per heavy atom. The van der Waals surface area contributed by atoms with Gasteiger partial charge in [-0.25, -0.2) is 0 Å². The summed E-state index contributed by atoms with van der Waals surface area (Å²) in [5.74, 6) is 0.300. The number of hydrogen-bond acceptors (Lipinski definition) is 1. The van der Waals surface area contributed by atoms with Gasteiger partial charge in [-0.3, -0.25) is 0 Å². The molecule has 0 aliphatic rings. The van der Waals surface area contributed by atoms with Crippen LogP contribution in [-0.2, 0) is 0 Å². The van der Waals surface area contributed by atoms with Gasteiger partial charge in [0, 0.05) is 13.0 Å². The molecule has 0 saturated carbocycles. The van der Waals surface area contributed by atoms with Gasteiger partial charge >= 0.3 is 16.1 Å². The van der Waals surface area contributed by atoms with E-state index in [4.69, 9.17) is 5.11 Å². The first kappa shape index (κ1) is 6.55. The number of hydrogen-bond donors (Lipinski definition) is 1. The minimum Gasteiger partial charge on any atom is -0.502 e. The lowest BCUT2D eigenvalue weighted by atomic mass is 10.3. The Balaban J connectivity index is 3.25. The van der Waals surface area contributed by atoms with E-state index >= 15 is 0 Å². The summed E-state index contributed by atoms with van der Waals surface area (Å²) in [4.78, 5) is 0. The van der Waals surface area contributed by atoms with Gasteiger partial charge in [-0.15, -0.1) is 3.59 Å². The minimum atomic E-state index is 0.300. The quantitative estimate of drug-likeness (QED) is 0.650. The van der Waals surface area contributed by atoms with Gasteiger partial charge < -0.3 is 5.11 Å². The summed E-state index contributed by atoms with van der Waals surface area (Å²) in [5.41, 5.74) is 0.803. The molecule has 48 valence electrons. The predicted molar refractivity (Wildman–Crippen MR) is 37.4 cm³/mol. The van der Waals surface area contributed by atoms with E-state index in [1.165, 1.54) is 0 Å². The number of rotatable bonds is 0. The van der Waals surface area contributed by atoms with Crippen LogP contribution in [0.4, 0.5) is 0 Å². The van der Waals surface area contributed by atoms with Gasteiger partial charge in [-0.1, -0.05) is 0 Å². The lowest BCUT2D eigenvalue weighted by Crippen LogP contribution is -2.21. The molecule has 1 aromatic heterocycles. The van der Waals surface area contributed by atoms with E-state index in [1.807, 2.05) is 13.1 Å². The topological polar surface area (TPSA) is 24.1 Å². The van der Waals surface area contributed by atoms with Gasteiger partial charge in [-0.2, -0.15) is 0 Å². The third-order valence-corrected chi connectivity index (χ3v) is 1.93. The first-order chi connectivity index (χ1) is 4.22. The van der Waals surface area contributed by atoms with Crippen molar-refractivity contribution in [3.63, 3.8) is 0 Å². The van der Waals surface area contributed by atoms with Crippen molar-refractivity contribution in [2.24, 2.45) is 0 Å². The molecule has 0 bridgehead atoms. The van der Waals surface area contributed by atoms with Gasteiger partial charge in [0.25, 0.3) is 0 Å². The van der Waals surface area contributed by atoms with Crippen LogP contribution < -0.4 is 3.59 Å². The molecule has 0 aliphatic carbocycles. The van der Waals surface area contributed by atoms with Crippen molar-refractivity contribution in [3.05, 3.63) is 24.0 Å². The SMILES string of the molecule is Cc1c(O)ccc[n+]1Br. The molecule has 0 aromatic carbocycles. The second-order valence-electron chi connectivity index (χ2n) is 1.79. The van der Waals surface area contributed by atoms with Crippen molar-refractivity contribution in [1.82, 2.24) is 0 Å². The summed E-state index contributed by atoms with van der Waals surface area (Å²) >= 11 is 3.20. The van der Waals surface area contributed by atoms with Gasteiger partial charge in [-0.05, 0) is 6.07 Å². The molecule has 1 N–H and O–H groups in total. The monoisotopic (exact) mass is 188 g/mol. The summed E-state index contributed by atoms with van der Waals surface area (Å²) in [7, 11) is 0. The summed E-state index contributed by atoms with van der Waals surface area (Å²) in [6.45, 7) is 1.82. The molecule has 1 heterocycles. The van der Waals surface area contributed by atoms with Crippen LogP contribution in [0.2, 0.25) is 0 Å². The van der Waals surface area contributed by atoms with E-state index in [0.717, 1.165) is 5.69 Å².